The fourth-order valence-electron chi connectivity index (χ4n) is 5.38. The molecule has 1 unspecified atom stereocenters. The van der Waals surface area contributed by atoms with Crippen molar-refractivity contribution >= 4 is 11.9 Å². The molecular weight excluding hydrogens is 512 g/mol. The summed E-state index contributed by atoms with van der Waals surface area (Å²) in [4.78, 5) is 24.1. The van der Waals surface area contributed by atoms with Gasteiger partial charge in [-0.25, -0.2) is 0 Å². The average Bonchev–Trinajstić information content (AvgIpc) is 2.97. The Morgan fingerprint density at radius 3 is 1.07 bits per heavy atom. The fourth-order valence-corrected chi connectivity index (χ4v) is 5.38. The lowest BCUT2D eigenvalue weighted by Gasteiger charge is -2.15. The van der Waals surface area contributed by atoms with Crippen LogP contribution < -0.4 is 0 Å². The van der Waals surface area contributed by atoms with Gasteiger partial charge in [0.2, 0.25) is 0 Å². The molecule has 0 aromatic rings. The Morgan fingerprint density at radius 1 is 0.463 bits per heavy atom. The van der Waals surface area contributed by atoms with Crippen LogP contribution in [-0.2, 0) is 19.1 Å². The van der Waals surface area contributed by atoms with Crippen molar-refractivity contribution in [2.24, 2.45) is 0 Å². The van der Waals surface area contributed by atoms with E-state index in [2.05, 4.69) is 13.8 Å². The Bertz CT molecular complexity index is 550. The highest BCUT2D eigenvalue weighted by atomic mass is 16.6. The standard InChI is InChI=1S/C36H70O5/c1-3-5-7-9-11-13-15-16-17-18-19-21-23-25-27-29-31-36(39)41-34(32-37)33-40-35(38)30-28-26-24-22-20-14-12-10-8-6-4-2/h34,37H,3-33H2,1-2H3. The second-order valence-electron chi connectivity index (χ2n) is 12.3. The molecule has 0 heterocycles. The maximum atomic E-state index is 12.1. The highest BCUT2D eigenvalue weighted by Crippen LogP contribution is 2.15. The Kier molecular flexibility index (Phi) is 32.5. The van der Waals surface area contributed by atoms with Gasteiger partial charge in [-0.15, -0.1) is 0 Å². The van der Waals surface area contributed by atoms with Crippen molar-refractivity contribution in [2.75, 3.05) is 13.2 Å². The summed E-state index contributed by atoms with van der Waals surface area (Å²) >= 11 is 0. The molecule has 0 saturated heterocycles. The third-order valence-corrected chi connectivity index (χ3v) is 8.15. The van der Waals surface area contributed by atoms with E-state index in [9.17, 15) is 14.7 Å². The normalized spacial score (nSPS) is 12.0. The first kappa shape index (κ1) is 39.9. The molecule has 1 N–H and O–H groups in total. The predicted molar refractivity (Wildman–Crippen MR) is 173 cm³/mol. The van der Waals surface area contributed by atoms with Crippen molar-refractivity contribution in [3.05, 3.63) is 0 Å². The van der Waals surface area contributed by atoms with Gasteiger partial charge >= 0.3 is 11.9 Å². The fraction of sp³-hybridized carbons (Fsp3) is 0.944. The third kappa shape index (κ3) is 31.7. The van der Waals surface area contributed by atoms with E-state index in [-0.39, 0.29) is 25.2 Å². The van der Waals surface area contributed by atoms with Crippen LogP contribution in [0.3, 0.4) is 0 Å². The highest BCUT2D eigenvalue weighted by molar-refractivity contribution is 5.70. The predicted octanol–water partition coefficient (Wildman–Crippen LogP) is 10.8. The van der Waals surface area contributed by atoms with Gasteiger partial charge in [0, 0.05) is 12.8 Å². The zero-order chi connectivity index (χ0) is 30.1. The summed E-state index contributed by atoms with van der Waals surface area (Å²) in [6.45, 7) is 4.14. The van der Waals surface area contributed by atoms with E-state index in [1.54, 1.807) is 0 Å². The summed E-state index contributed by atoms with van der Waals surface area (Å²) in [7, 11) is 0. The number of unbranched alkanes of at least 4 members (excludes halogenated alkanes) is 25. The molecule has 0 amide bonds. The quantitative estimate of drug-likeness (QED) is 0.0615. The lowest BCUT2D eigenvalue weighted by molar-refractivity contribution is -0.161. The number of aliphatic hydroxyl groups excluding tert-OH is 1. The number of ether oxygens (including phenoxy) is 2. The van der Waals surface area contributed by atoms with Crippen molar-refractivity contribution in [3.8, 4) is 0 Å². The maximum Gasteiger partial charge on any atom is 0.306 e. The minimum absolute atomic E-state index is 0.0575. The first-order valence-electron chi connectivity index (χ1n) is 18.1. The number of carbonyl (C=O) groups is 2. The van der Waals surface area contributed by atoms with E-state index in [0.29, 0.717) is 12.8 Å². The average molecular weight is 583 g/mol. The number of esters is 2. The Labute approximate surface area is 255 Å². The van der Waals surface area contributed by atoms with Crippen molar-refractivity contribution < 1.29 is 24.2 Å². The minimum atomic E-state index is -0.759. The molecule has 0 radical (unpaired) electrons. The zero-order valence-corrected chi connectivity index (χ0v) is 27.6. The second kappa shape index (κ2) is 33.4. The zero-order valence-electron chi connectivity index (χ0n) is 27.6. The maximum absolute atomic E-state index is 12.1. The van der Waals surface area contributed by atoms with Crippen LogP contribution in [-0.4, -0.2) is 36.4 Å². The van der Waals surface area contributed by atoms with Crippen LogP contribution in [0, 0.1) is 0 Å². The van der Waals surface area contributed by atoms with E-state index in [4.69, 9.17) is 9.47 Å². The van der Waals surface area contributed by atoms with Gasteiger partial charge in [0.05, 0.1) is 6.61 Å². The third-order valence-electron chi connectivity index (χ3n) is 8.15. The van der Waals surface area contributed by atoms with Crippen LogP contribution in [0.1, 0.15) is 200 Å². The van der Waals surface area contributed by atoms with E-state index < -0.39 is 6.10 Å². The topological polar surface area (TPSA) is 72.8 Å². The van der Waals surface area contributed by atoms with E-state index in [1.807, 2.05) is 0 Å². The van der Waals surface area contributed by atoms with Crippen molar-refractivity contribution in [2.45, 2.75) is 206 Å². The molecule has 0 aromatic heterocycles. The summed E-state index contributed by atoms with van der Waals surface area (Å²) in [6, 6.07) is 0. The molecule has 0 aliphatic carbocycles. The molecule has 5 nitrogen and oxygen atoms in total. The second-order valence-corrected chi connectivity index (χ2v) is 12.3. The molecule has 0 aromatic carbocycles. The van der Waals surface area contributed by atoms with Crippen molar-refractivity contribution in [1.29, 1.82) is 0 Å². The van der Waals surface area contributed by atoms with Gasteiger partial charge in [0.15, 0.2) is 6.10 Å². The molecule has 5 heteroatoms. The largest absolute Gasteiger partial charge is 0.462 e. The van der Waals surface area contributed by atoms with Gasteiger partial charge in [0.25, 0.3) is 0 Å². The number of hydrogen-bond donors (Lipinski definition) is 1. The number of carbonyl (C=O) groups excluding carboxylic acids is 2. The van der Waals surface area contributed by atoms with Gasteiger partial charge in [-0.2, -0.15) is 0 Å². The lowest BCUT2D eigenvalue weighted by Crippen LogP contribution is -2.28. The molecule has 0 saturated carbocycles. The van der Waals surface area contributed by atoms with Gasteiger partial charge in [-0.3, -0.25) is 9.59 Å². The summed E-state index contributed by atoms with van der Waals surface area (Å²) < 4.78 is 10.6. The van der Waals surface area contributed by atoms with Crippen LogP contribution in [0.2, 0.25) is 0 Å². The summed E-state index contributed by atoms with van der Waals surface area (Å²) in [5, 5.41) is 9.51. The molecule has 0 spiro atoms. The molecule has 0 bridgehead atoms. The number of hydrogen-bond acceptors (Lipinski definition) is 5. The molecule has 41 heavy (non-hydrogen) atoms. The van der Waals surface area contributed by atoms with E-state index in [1.165, 1.54) is 141 Å². The molecule has 0 aliphatic heterocycles. The van der Waals surface area contributed by atoms with Gasteiger partial charge < -0.3 is 14.6 Å². The van der Waals surface area contributed by atoms with Crippen LogP contribution in [0.5, 0.6) is 0 Å². The van der Waals surface area contributed by atoms with Gasteiger partial charge in [-0.1, -0.05) is 174 Å². The van der Waals surface area contributed by atoms with E-state index >= 15 is 0 Å². The molecule has 0 aliphatic rings. The Hall–Kier alpha value is -1.10. The smallest absolute Gasteiger partial charge is 0.306 e. The van der Waals surface area contributed by atoms with E-state index in [0.717, 1.165) is 32.1 Å². The molecule has 0 rings (SSSR count). The minimum Gasteiger partial charge on any atom is -0.462 e. The first-order valence-corrected chi connectivity index (χ1v) is 18.1. The highest BCUT2D eigenvalue weighted by Gasteiger charge is 2.16. The van der Waals surface area contributed by atoms with Crippen molar-refractivity contribution in [3.63, 3.8) is 0 Å². The van der Waals surface area contributed by atoms with Crippen LogP contribution in [0.25, 0.3) is 0 Å². The molecule has 1 atom stereocenters. The Balaban J connectivity index is 3.51. The molecule has 244 valence electrons. The number of aliphatic hydroxyl groups is 1. The SMILES string of the molecule is CCCCCCCCCCCCCCCCCCC(=O)OC(CO)COC(=O)CCCCCCCCCCCCC. The monoisotopic (exact) mass is 583 g/mol. The van der Waals surface area contributed by atoms with Crippen molar-refractivity contribution in [1.82, 2.24) is 0 Å². The summed E-state index contributed by atoms with van der Waals surface area (Å²) in [6.07, 6.45) is 34.4. The van der Waals surface area contributed by atoms with Crippen LogP contribution in [0.4, 0.5) is 0 Å². The first-order chi connectivity index (χ1) is 20.1. The van der Waals surface area contributed by atoms with Crippen LogP contribution in [0.15, 0.2) is 0 Å². The molecular formula is C36H70O5. The molecule has 0 fully saturated rings. The summed E-state index contributed by atoms with van der Waals surface area (Å²) in [5.41, 5.74) is 0. The van der Waals surface area contributed by atoms with Gasteiger partial charge in [-0.05, 0) is 12.8 Å². The van der Waals surface area contributed by atoms with Gasteiger partial charge in [0.1, 0.15) is 6.61 Å². The summed E-state index contributed by atoms with van der Waals surface area (Å²) in [5.74, 6) is -0.580. The Morgan fingerprint density at radius 2 is 0.756 bits per heavy atom. The number of rotatable bonds is 33. The van der Waals surface area contributed by atoms with Crippen LogP contribution >= 0.6 is 0 Å². The lowest BCUT2D eigenvalue weighted by atomic mass is 10.0.